The Morgan fingerprint density at radius 2 is 1.94 bits per heavy atom. The van der Waals surface area contributed by atoms with Crippen LogP contribution in [0.2, 0.25) is 0 Å². The summed E-state index contributed by atoms with van der Waals surface area (Å²) in [5, 5.41) is 0. The monoisotopic (exact) mass is 238 g/mol. The molecule has 0 bridgehead atoms. The van der Waals surface area contributed by atoms with Crippen LogP contribution < -0.4 is 0 Å². The number of aryl methyl sites for hydroxylation is 1. The lowest BCUT2D eigenvalue weighted by Gasteiger charge is -2.12. The predicted molar refractivity (Wildman–Crippen MR) is 79.3 cm³/mol. The number of hydrogen-bond acceptors (Lipinski definition) is 0. The van der Waals surface area contributed by atoms with Gasteiger partial charge >= 0.3 is 0 Å². The van der Waals surface area contributed by atoms with E-state index >= 15 is 0 Å². The van der Waals surface area contributed by atoms with Gasteiger partial charge in [-0.2, -0.15) is 0 Å². The largest absolute Gasteiger partial charge is 0.0982 e. The van der Waals surface area contributed by atoms with Gasteiger partial charge < -0.3 is 0 Å². The van der Waals surface area contributed by atoms with Gasteiger partial charge in [-0.1, -0.05) is 62.3 Å². The molecule has 0 fully saturated rings. The van der Waals surface area contributed by atoms with Crippen molar-refractivity contribution in [3.05, 3.63) is 41.0 Å². The minimum absolute atomic E-state index is 1.05. The molecule has 0 saturated carbocycles. The van der Waals surface area contributed by atoms with Crippen LogP contribution in [0.15, 0.2) is 29.8 Å². The third kappa shape index (κ3) is 3.77. The highest BCUT2D eigenvalue weighted by atomic mass is 14.1. The molecule has 0 heterocycles. The fraction of sp³-hybridized carbons (Fsp3) is 0.444. The van der Waals surface area contributed by atoms with Crippen LogP contribution in [-0.2, 0) is 6.42 Å². The van der Waals surface area contributed by atoms with Crippen LogP contribution in [0.3, 0.4) is 0 Å². The first kappa shape index (κ1) is 13.0. The third-order valence-corrected chi connectivity index (χ3v) is 3.45. The minimum atomic E-state index is 1.05. The number of benzene rings is 1. The van der Waals surface area contributed by atoms with Gasteiger partial charge in [0.05, 0.1) is 0 Å². The van der Waals surface area contributed by atoms with Crippen LogP contribution in [0.25, 0.3) is 6.08 Å². The molecule has 1 aromatic rings. The Balaban J connectivity index is 1.88. The Bertz CT molecular complexity index is 468. The molecule has 0 nitrogen and oxygen atoms in total. The van der Waals surface area contributed by atoms with Gasteiger partial charge in [0.1, 0.15) is 0 Å². The average Bonchev–Trinajstić information content (AvgIpc) is 2.42. The van der Waals surface area contributed by atoms with Gasteiger partial charge in [0.15, 0.2) is 0 Å². The summed E-state index contributed by atoms with van der Waals surface area (Å²) in [4.78, 5) is 0. The van der Waals surface area contributed by atoms with Crippen molar-refractivity contribution in [2.75, 3.05) is 0 Å². The Hall–Kier alpha value is -1.48. The zero-order chi connectivity index (χ0) is 12.6. The summed E-state index contributed by atoms with van der Waals surface area (Å²) in [6, 6.07) is 8.64. The number of allylic oxidation sites excluding steroid dienone is 1. The van der Waals surface area contributed by atoms with Gasteiger partial charge in [-0.05, 0) is 36.5 Å². The van der Waals surface area contributed by atoms with E-state index in [2.05, 4.69) is 49.1 Å². The van der Waals surface area contributed by atoms with Gasteiger partial charge in [0.2, 0.25) is 0 Å². The summed E-state index contributed by atoms with van der Waals surface area (Å²) in [6.07, 6.45) is 10.8. The molecule has 0 amide bonds. The molecular weight excluding hydrogens is 216 g/mol. The molecule has 18 heavy (non-hydrogen) atoms. The van der Waals surface area contributed by atoms with E-state index in [1.54, 1.807) is 0 Å². The summed E-state index contributed by atoms with van der Waals surface area (Å²) >= 11 is 0. The molecule has 0 aliphatic heterocycles. The van der Waals surface area contributed by atoms with Crippen molar-refractivity contribution in [1.29, 1.82) is 0 Å². The Morgan fingerprint density at radius 1 is 1.06 bits per heavy atom. The number of unbranched alkanes of at least 4 members (excludes halogenated alkanes) is 4. The summed E-state index contributed by atoms with van der Waals surface area (Å²) < 4.78 is 0. The van der Waals surface area contributed by atoms with E-state index in [9.17, 15) is 0 Å². The zero-order valence-electron chi connectivity index (χ0n) is 11.3. The molecule has 1 aromatic carbocycles. The predicted octanol–water partition coefficient (Wildman–Crippen LogP) is 4.99. The van der Waals surface area contributed by atoms with Gasteiger partial charge in [0, 0.05) is 12.0 Å². The minimum Gasteiger partial charge on any atom is -0.0982 e. The van der Waals surface area contributed by atoms with Gasteiger partial charge in [-0.25, -0.2) is 0 Å². The molecule has 0 N–H and O–H groups in total. The lowest BCUT2D eigenvalue weighted by Crippen LogP contribution is -1.97. The highest BCUT2D eigenvalue weighted by molar-refractivity contribution is 5.63. The zero-order valence-corrected chi connectivity index (χ0v) is 11.3. The molecule has 0 saturated heterocycles. The van der Waals surface area contributed by atoms with Crippen LogP contribution in [0.1, 0.15) is 56.6 Å². The van der Waals surface area contributed by atoms with Gasteiger partial charge in [0.25, 0.3) is 0 Å². The van der Waals surface area contributed by atoms with Crippen molar-refractivity contribution >= 4 is 6.08 Å². The highest BCUT2D eigenvalue weighted by Gasteiger charge is 2.07. The molecule has 0 atom stereocenters. The van der Waals surface area contributed by atoms with Gasteiger partial charge in [-0.15, -0.1) is 0 Å². The Labute approximate surface area is 111 Å². The quantitative estimate of drug-likeness (QED) is 0.512. The molecular formula is C18H22. The average molecular weight is 238 g/mol. The van der Waals surface area contributed by atoms with E-state index in [1.807, 2.05) is 0 Å². The van der Waals surface area contributed by atoms with E-state index in [0.29, 0.717) is 0 Å². The summed E-state index contributed by atoms with van der Waals surface area (Å²) in [5.74, 6) is 6.68. The second-order valence-corrected chi connectivity index (χ2v) is 4.98. The lowest BCUT2D eigenvalue weighted by molar-refractivity contribution is 0.679. The first-order chi connectivity index (χ1) is 8.90. The van der Waals surface area contributed by atoms with Crippen molar-refractivity contribution in [1.82, 2.24) is 0 Å². The van der Waals surface area contributed by atoms with E-state index in [4.69, 9.17) is 0 Å². The Morgan fingerprint density at radius 3 is 2.83 bits per heavy atom. The van der Waals surface area contributed by atoms with E-state index < -0.39 is 0 Å². The second kappa shape index (κ2) is 7.07. The standard InChI is InChI=1S/C18H22/c1-2-3-4-5-6-7-10-16-13-14-17-11-8-9-12-18(17)15-16/h8-9,11-12,15H,2-6,13-14H2,1H3. The molecule has 0 radical (unpaired) electrons. The number of rotatable bonds is 4. The van der Waals surface area contributed by atoms with Crippen molar-refractivity contribution in [3.8, 4) is 11.8 Å². The second-order valence-electron chi connectivity index (χ2n) is 4.98. The number of fused-ring (bicyclic) bond motifs is 1. The normalized spacial score (nSPS) is 13.3. The maximum Gasteiger partial charge on any atom is 0.00923 e. The first-order valence-electron chi connectivity index (χ1n) is 7.17. The topological polar surface area (TPSA) is 0 Å². The van der Waals surface area contributed by atoms with Gasteiger partial charge in [-0.3, -0.25) is 0 Å². The maximum absolute atomic E-state index is 3.35. The van der Waals surface area contributed by atoms with Crippen LogP contribution >= 0.6 is 0 Å². The SMILES string of the molecule is CCCCCCC#CC1=Cc2ccccc2CC1. The fourth-order valence-electron chi connectivity index (χ4n) is 2.35. The van der Waals surface area contributed by atoms with Crippen molar-refractivity contribution in [2.45, 2.75) is 51.9 Å². The smallest absolute Gasteiger partial charge is 0.00923 e. The third-order valence-electron chi connectivity index (χ3n) is 3.45. The van der Waals surface area contributed by atoms with Crippen LogP contribution in [0, 0.1) is 11.8 Å². The number of hydrogen-bond donors (Lipinski definition) is 0. The van der Waals surface area contributed by atoms with Crippen LogP contribution in [0.5, 0.6) is 0 Å². The molecule has 0 unspecified atom stereocenters. The van der Waals surface area contributed by atoms with E-state index in [-0.39, 0.29) is 0 Å². The molecule has 94 valence electrons. The van der Waals surface area contributed by atoms with Crippen LogP contribution in [0.4, 0.5) is 0 Å². The van der Waals surface area contributed by atoms with Crippen molar-refractivity contribution in [3.63, 3.8) is 0 Å². The molecule has 0 heteroatoms. The lowest BCUT2D eigenvalue weighted by atomic mass is 9.92. The van der Waals surface area contributed by atoms with E-state index in [1.165, 1.54) is 42.4 Å². The van der Waals surface area contributed by atoms with Crippen LogP contribution in [-0.4, -0.2) is 0 Å². The summed E-state index contributed by atoms with van der Waals surface area (Å²) in [6.45, 7) is 2.25. The molecule has 0 aromatic heterocycles. The first-order valence-corrected chi connectivity index (χ1v) is 7.17. The molecule has 2 rings (SSSR count). The van der Waals surface area contributed by atoms with Crippen molar-refractivity contribution < 1.29 is 0 Å². The van der Waals surface area contributed by atoms with Crippen molar-refractivity contribution in [2.24, 2.45) is 0 Å². The summed E-state index contributed by atoms with van der Waals surface area (Å²) in [5.41, 5.74) is 4.13. The highest BCUT2D eigenvalue weighted by Crippen LogP contribution is 2.22. The fourth-order valence-corrected chi connectivity index (χ4v) is 2.35. The molecule has 1 aliphatic carbocycles. The Kier molecular flexibility index (Phi) is 5.09. The molecule has 1 aliphatic rings. The maximum atomic E-state index is 3.35. The molecule has 0 spiro atoms. The summed E-state index contributed by atoms with van der Waals surface area (Å²) in [7, 11) is 0. The van der Waals surface area contributed by atoms with E-state index in [0.717, 1.165) is 19.3 Å².